The van der Waals surface area contributed by atoms with Crippen LogP contribution in [0.3, 0.4) is 0 Å². The zero-order chi connectivity index (χ0) is 28.3. The maximum atomic E-state index is 13.2. The van der Waals surface area contributed by atoms with Gasteiger partial charge in [-0.25, -0.2) is 0 Å². The number of methoxy groups -OCH3 is 2. The molecule has 1 unspecified atom stereocenters. The third kappa shape index (κ3) is 5.38. The van der Waals surface area contributed by atoms with Crippen LogP contribution in [0, 0.1) is 0 Å². The minimum Gasteiger partial charge on any atom is -0.504 e. The fourth-order valence-corrected chi connectivity index (χ4v) is 4.30. The van der Waals surface area contributed by atoms with E-state index in [0.717, 1.165) is 5.57 Å². The van der Waals surface area contributed by atoms with Crippen molar-refractivity contribution in [3.63, 3.8) is 0 Å². The number of hydrogen-bond acceptors (Lipinski definition) is 9. The molecular formula is C30H28O9. The summed E-state index contributed by atoms with van der Waals surface area (Å²) in [5.74, 6) is -3.22. The molecule has 4 rings (SSSR count). The quantitative estimate of drug-likeness (QED) is 0.150. The molecule has 0 aliphatic heterocycles. The average Bonchev–Trinajstić information content (AvgIpc) is 2.94. The van der Waals surface area contributed by atoms with Gasteiger partial charge in [-0.2, -0.15) is 0 Å². The second-order valence-corrected chi connectivity index (χ2v) is 8.99. The minimum atomic E-state index is -1.00. The second-order valence-electron chi connectivity index (χ2n) is 8.99. The van der Waals surface area contributed by atoms with E-state index in [-0.39, 0.29) is 35.3 Å². The number of carbonyl (C=O) groups excluding carboxylic acids is 1. The lowest BCUT2D eigenvalue weighted by Gasteiger charge is -2.22. The topological polar surface area (TPSA) is 136 Å². The number of phenolic OH excluding ortho intramolecular Hbond substituents is 3. The number of carbonyl (C=O) groups is 1. The Morgan fingerprint density at radius 2 is 1.69 bits per heavy atom. The third-order valence-electron chi connectivity index (χ3n) is 6.20. The molecule has 0 saturated carbocycles. The summed E-state index contributed by atoms with van der Waals surface area (Å²) in [7, 11) is 2.69. The van der Waals surface area contributed by atoms with Crippen molar-refractivity contribution in [2.45, 2.75) is 19.3 Å². The number of ether oxygens (including phenoxy) is 3. The highest BCUT2D eigenvalue weighted by molar-refractivity contribution is 5.93. The van der Waals surface area contributed by atoms with E-state index in [2.05, 4.69) is 6.58 Å². The van der Waals surface area contributed by atoms with Gasteiger partial charge in [0.15, 0.2) is 28.4 Å². The molecule has 9 heteroatoms. The van der Waals surface area contributed by atoms with E-state index in [4.69, 9.17) is 18.6 Å². The van der Waals surface area contributed by atoms with Gasteiger partial charge in [0, 0.05) is 23.1 Å². The Morgan fingerprint density at radius 3 is 2.33 bits per heavy atom. The molecular weight excluding hydrogens is 504 g/mol. The van der Waals surface area contributed by atoms with Crippen LogP contribution in [0.1, 0.15) is 30.4 Å². The standard InChI is InChI=1S/C30H28O9/c1-16(2)15-38-23-12-18(10-11-21(23)36-3)19(13-24(32)37-4)25-27(33)29(35)28(34)26-20(31)14-22(39-30(25)26)17-8-6-5-7-9-17/h5-12,14,19,33-35H,1,13,15H2,2-4H3. The molecule has 1 atom stereocenters. The largest absolute Gasteiger partial charge is 0.504 e. The highest BCUT2D eigenvalue weighted by Gasteiger charge is 2.31. The van der Waals surface area contributed by atoms with Crippen molar-refractivity contribution in [1.82, 2.24) is 0 Å². The van der Waals surface area contributed by atoms with Crippen LogP contribution in [-0.4, -0.2) is 42.1 Å². The number of esters is 1. The Hall–Kier alpha value is -4.92. The smallest absolute Gasteiger partial charge is 0.306 e. The van der Waals surface area contributed by atoms with Gasteiger partial charge in [-0.15, -0.1) is 0 Å². The Bertz CT molecular complexity index is 1600. The molecule has 9 nitrogen and oxygen atoms in total. The molecule has 0 fully saturated rings. The summed E-state index contributed by atoms with van der Waals surface area (Å²) in [6.07, 6.45) is -0.311. The van der Waals surface area contributed by atoms with Crippen LogP contribution in [0.25, 0.3) is 22.3 Å². The van der Waals surface area contributed by atoms with E-state index in [1.807, 2.05) is 0 Å². The normalized spacial score (nSPS) is 11.7. The zero-order valence-electron chi connectivity index (χ0n) is 21.7. The highest BCUT2D eigenvalue weighted by Crippen LogP contribution is 2.50. The van der Waals surface area contributed by atoms with Gasteiger partial charge in [0.1, 0.15) is 23.3 Å². The van der Waals surface area contributed by atoms with Crippen LogP contribution >= 0.6 is 0 Å². The highest BCUT2D eigenvalue weighted by atomic mass is 16.5. The molecule has 3 aromatic carbocycles. The molecule has 4 aromatic rings. The van der Waals surface area contributed by atoms with Gasteiger partial charge < -0.3 is 33.9 Å². The molecule has 202 valence electrons. The van der Waals surface area contributed by atoms with E-state index >= 15 is 0 Å². The van der Waals surface area contributed by atoms with Gasteiger partial charge in [0.05, 0.1) is 20.6 Å². The maximum Gasteiger partial charge on any atom is 0.306 e. The lowest BCUT2D eigenvalue weighted by atomic mass is 9.86. The second kappa shape index (κ2) is 11.2. The number of fused-ring (bicyclic) bond motifs is 1. The first-order valence-corrected chi connectivity index (χ1v) is 12.0. The van der Waals surface area contributed by atoms with Crippen molar-refractivity contribution in [3.05, 3.63) is 88.1 Å². The number of hydrogen-bond donors (Lipinski definition) is 3. The van der Waals surface area contributed by atoms with Crippen LogP contribution in [0.5, 0.6) is 28.7 Å². The van der Waals surface area contributed by atoms with Crippen molar-refractivity contribution in [2.75, 3.05) is 20.8 Å². The summed E-state index contributed by atoms with van der Waals surface area (Å²) < 4.78 is 22.2. The monoisotopic (exact) mass is 532 g/mol. The maximum absolute atomic E-state index is 13.2. The number of benzene rings is 3. The number of aromatic hydroxyl groups is 3. The fraction of sp³-hybridized carbons (Fsp3) is 0.200. The van der Waals surface area contributed by atoms with E-state index in [0.29, 0.717) is 22.6 Å². The summed E-state index contributed by atoms with van der Waals surface area (Å²) in [6.45, 7) is 5.83. The summed E-state index contributed by atoms with van der Waals surface area (Å²) in [5.41, 5.74) is 0.850. The molecule has 0 aliphatic carbocycles. The summed E-state index contributed by atoms with van der Waals surface area (Å²) in [6, 6.07) is 14.8. The van der Waals surface area contributed by atoms with Crippen LogP contribution in [-0.2, 0) is 9.53 Å². The van der Waals surface area contributed by atoms with Crippen LogP contribution in [0.15, 0.2) is 76.0 Å². The van der Waals surface area contributed by atoms with E-state index in [1.54, 1.807) is 55.5 Å². The predicted molar refractivity (Wildman–Crippen MR) is 145 cm³/mol. The van der Waals surface area contributed by atoms with Gasteiger partial charge in [0.25, 0.3) is 0 Å². The first kappa shape index (κ1) is 27.1. The molecule has 0 aliphatic rings. The summed E-state index contributed by atoms with van der Waals surface area (Å²) in [5, 5.41) is 32.0. The molecule has 3 N–H and O–H groups in total. The van der Waals surface area contributed by atoms with E-state index in [1.165, 1.54) is 20.3 Å². The van der Waals surface area contributed by atoms with Crippen molar-refractivity contribution >= 4 is 16.9 Å². The van der Waals surface area contributed by atoms with Crippen molar-refractivity contribution in [2.24, 2.45) is 0 Å². The van der Waals surface area contributed by atoms with Crippen molar-refractivity contribution < 1.29 is 38.7 Å². The summed E-state index contributed by atoms with van der Waals surface area (Å²) in [4.78, 5) is 25.8. The Kier molecular flexibility index (Phi) is 7.80. The molecule has 39 heavy (non-hydrogen) atoms. The SMILES string of the molecule is C=C(C)COc1cc(C(CC(=O)OC)c2c(O)c(O)c(O)c3c(=O)cc(-c4ccccc4)oc23)ccc1OC. The van der Waals surface area contributed by atoms with Crippen LogP contribution in [0.2, 0.25) is 0 Å². The lowest BCUT2D eigenvalue weighted by Crippen LogP contribution is -2.13. The molecule has 0 bridgehead atoms. The number of phenols is 3. The average molecular weight is 533 g/mol. The molecule has 0 spiro atoms. The first-order chi connectivity index (χ1) is 18.7. The molecule has 1 aromatic heterocycles. The van der Waals surface area contributed by atoms with E-state index < -0.39 is 34.6 Å². The summed E-state index contributed by atoms with van der Waals surface area (Å²) >= 11 is 0. The van der Waals surface area contributed by atoms with Gasteiger partial charge >= 0.3 is 5.97 Å². The first-order valence-electron chi connectivity index (χ1n) is 12.0. The number of rotatable bonds is 9. The van der Waals surface area contributed by atoms with Gasteiger partial charge in [-0.3, -0.25) is 9.59 Å². The van der Waals surface area contributed by atoms with Gasteiger partial charge in [-0.05, 0) is 30.2 Å². The predicted octanol–water partition coefficient (Wildman–Crippen LogP) is 5.24. The Balaban J connectivity index is 2.04. The van der Waals surface area contributed by atoms with Crippen molar-refractivity contribution in [1.29, 1.82) is 0 Å². The molecule has 1 heterocycles. The minimum absolute atomic E-state index is 0.0865. The van der Waals surface area contributed by atoms with Crippen molar-refractivity contribution in [3.8, 4) is 40.1 Å². The van der Waals surface area contributed by atoms with Crippen LogP contribution < -0.4 is 14.9 Å². The molecule has 0 saturated heterocycles. The van der Waals surface area contributed by atoms with E-state index in [9.17, 15) is 24.9 Å². The zero-order valence-corrected chi connectivity index (χ0v) is 21.7. The Morgan fingerprint density at radius 1 is 0.974 bits per heavy atom. The molecule has 0 amide bonds. The Labute approximate surface area is 224 Å². The van der Waals surface area contributed by atoms with Gasteiger partial charge in [0.2, 0.25) is 5.75 Å². The third-order valence-corrected chi connectivity index (χ3v) is 6.20. The fourth-order valence-electron chi connectivity index (χ4n) is 4.30. The van der Waals surface area contributed by atoms with Crippen LogP contribution in [0.4, 0.5) is 0 Å². The molecule has 0 radical (unpaired) electrons. The lowest BCUT2D eigenvalue weighted by molar-refractivity contribution is -0.140. The van der Waals surface area contributed by atoms with Gasteiger partial charge in [-0.1, -0.05) is 43.0 Å².